The van der Waals surface area contributed by atoms with Gasteiger partial charge in [-0.15, -0.1) is 0 Å². The van der Waals surface area contributed by atoms with E-state index >= 15 is 0 Å². The lowest BCUT2D eigenvalue weighted by atomic mass is 10.0. The Morgan fingerprint density at radius 1 is 1.39 bits per heavy atom. The fourth-order valence-electron chi connectivity index (χ4n) is 1.97. The number of hydrogen-bond acceptors (Lipinski definition) is 3. The summed E-state index contributed by atoms with van der Waals surface area (Å²) >= 11 is 0. The average molecular weight is 246 g/mol. The van der Waals surface area contributed by atoms with E-state index < -0.39 is 0 Å². The van der Waals surface area contributed by atoms with E-state index in [-0.39, 0.29) is 5.91 Å². The molecular weight excluding hydrogens is 228 g/mol. The van der Waals surface area contributed by atoms with Crippen LogP contribution in [0.25, 0.3) is 11.0 Å². The van der Waals surface area contributed by atoms with Gasteiger partial charge in [-0.25, -0.2) is 0 Å². The second kappa shape index (κ2) is 5.23. The van der Waals surface area contributed by atoms with E-state index in [1.807, 2.05) is 19.9 Å². The summed E-state index contributed by atoms with van der Waals surface area (Å²) in [5.41, 5.74) is 9.45. The maximum Gasteiger partial charge on any atom is 0.224 e. The van der Waals surface area contributed by atoms with Crippen LogP contribution < -0.4 is 11.1 Å². The zero-order valence-electron chi connectivity index (χ0n) is 10.7. The molecule has 0 radical (unpaired) electrons. The van der Waals surface area contributed by atoms with Crippen molar-refractivity contribution in [1.82, 2.24) is 5.32 Å². The molecule has 1 heterocycles. The molecule has 3 N–H and O–H groups in total. The van der Waals surface area contributed by atoms with Crippen LogP contribution in [-0.2, 0) is 11.2 Å². The molecule has 0 saturated carbocycles. The highest BCUT2D eigenvalue weighted by molar-refractivity contribution is 5.89. The number of rotatable bonds is 4. The Bertz CT molecular complexity index is 572. The summed E-state index contributed by atoms with van der Waals surface area (Å²) < 4.78 is 5.56. The van der Waals surface area contributed by atoms with Gasteiger partial charge >= 0.3 is 0 Å². The molecule has 1 aromatic heterocycles. The van der Waals surface area contributed by atoms with Crippen LogP contribution in [0.2, 0.25) is 0 Å². The van der Waals surface area contributed by atoms with E-state index in [1.165, 1.54) is 5.56 Å². The Labute approximate surface area is 106 Å². The molecule has 0 bridgehead atoms. The van der Waals surface area contributed by atoms with Gasteiger partial charge in [0, 0.05) is 24.0 Å². The first-order valence-corrected chi connectivity index (χ1v) is 6.06. The van der Waals surface area contributed by atoms with Gasteiger partial charge in [-0.3, -0.25) is 4.79 Å². The van der Waals surface area contributed by atoms with Crippen LogP contribution in [0.5, 0.6) is 0 Å². The maximum atomic E-state index is 11.7. The van der Waals surface area contributed by atoms with Crippen LogP contribution in [-0.4, -0.2) is 19.0 Å². The number of nitrogens with two attached hydrogens (primary N) is 1. The molecule has 18 heavy (non-hydrogen) atoms. The lowest BCUT2D eigenvalue weighted by Crippen LogP contribution is -2.30. The molecule has 4 heteroatoms. The van der Waals surface area contributed by atoms with Crippen molar-refractivity contribution in [1.29, 1.82) is 0 Å². The highest BCUT2D eigenvalue weighted by Gasteiger charge is 2.12. The maximum absolute atomic E-state index is 11.7. The van der Waals surface area contributed by atoms with Gasteiger partial charge in [0.2, 0.25) is 5.91 Å². The third-order valence-electron chi connectivity index (χ3n) is 3.16. The summed E-state index contributed by atoms with van der Waals surface area (Å²) in [6, 6.07) is 4.06. The van der Waals surface area contributed by atoms with Gasteiger partial charge in [0.05, 0.1) is 12.7 Å². The number of nitrogens with one attached hydrogen (secondary N) is 1. The highest BCUT2D eigenvalue weighted by Crippen LogP contribution is 2.26. The zero-order chi connectivity index (χ0) is 13.1. The molecule has 1 aromatic carbocycles. The minimum absolute atomic E-state index is 0.0265. The first kappa shape index (κ1) is 12.6. The molecule has 2 rings (SSSR count). The lowest BCUT2D eigenvalue weighted by molar-refractivity contribution is -0.120. The predicted octanol–water partition coefficient (Wildman–Crippen LogP) is 1.67. The Morgan fingerprint density at radius 2 is 2.17 bits per heavy atom. The molecule has 0 saturated heterocycles. The normalized spacial score (nSPS) is 10.8. The van der Waals surface area contributed by atoms with Crippen molar-refractivity contribution in [3.8, 4) is 0 Å². The number of carbonyl (C=O) groups is 1. The molecule has 0 atom stereocenters. The Kier molecular flexibility index (Phi) is 3.67. The highest BCUT2D eigenvalue weighted by atomic mass is 16.3. The third kappa shape index (κ3) is 2.38. The Morgan fingerprint density at radius 3 is 2.89 bits per heavy atom. The van der Waals surface area contributed by atoms with Crippen molar-refractivity contribution in [3.05, 3.63) is 35.1 Å². The number of carbonyl (C=O) groups excluding carboxylic acids is 1. The van der Waals surface area contributed by atoms with Crippen molar-refractivity contribution >= 4 is 16.9 Å². The Balaban J connectivity index is 2.25. The van der Waals surface area contributed by atoms with E-state index in [0.717, 1.165) is 22.1 Å². The first-order chi connectivity index (χ1) is 8.63. The summed E-state index contributed by atoms with van der Waals surface area (Å²) in [5.74, 6) is -0.0265. The topological polar surface area (TPSA) is 68.3 Å². The van der Waals surface area contributed by atoms with Crippen LogP contribution in [0.1, 0.15) is 16.7 Å². The molecular formula is C14H18N2O2. The molecule has 0 aliphatic carbocycles. The van der Waals surface area contributed by atoms with Crippen LogP contribution in [0.4, 0.5) is 0 Å². The Hall–Kier alpha value is -1.81. The first-order valence-electron chi connectivity index (χ1n) is 6.06. The van der Waals surface area contributed by atoms with Gasteiger partial charge in [0.1, 0.15) is 5.58 Å². The second-order valence-corrected chi connectivity index (χ2v) is 4.46. The third-order valence-corrected chi connectivity index (χ3v) is 3.16. The van der Waals surface area contributed by atoms with Crippen LogP contribution >= 0.6 is 0 Å². The number of benzene rings is 1. The smallest absolute Gasteiger partial charge is 0.224 e. The van der Waals surface area contributed by atoms with E-state index in [2.05, 4.69) is 11.4 Å². The predicted molar refractivity (Wildman–Crippen MR) is 71.5 cm³/mol. The van der Waals surface area contributed by atoms with E-state index in [1.54, 1.807) is 6.26 Å². The number of furan rings is 1. The van der Waals surface area contributed by atoms with Crippen LogP contribution in [0.3, 0.4) is 0 Å². The van der Waals surface area contributed by atoms with Gasteiger partial charge in [-0.1, -0.05) is 12.1 Å². The zero-order valence-corrected chi connectivity index (χ0v) is 10.7. The molecule has 2 aromatic rings. The molecule has 0 fully saturated rings. The van der Waals surface area contributed by atoms with Crippen molar-refractivity contribution in [3.63, 3.8) is 0 Å². The molecule has 0 unspecified atom stereocenters. The van der Waals surface area contributed by atoms with Crippen molar-refractivity contribution < 1.29 is 9.21 Å². The minimum atomic E-state index is -0.0265. The molecule has 4 nitrogen and oxygen atoms in total. The van der Waals surface area contributed by atoms with Gasteiger partial charge in [0.25, 0.3) is 0 Å². The summed E-state index contributed by atoms with van der Waals surface area (Å²) in [7, 11) is 0. The summed E-state index contributed by atoms with van der Waals surface area (Å²) in [5, 5.41) is 3.77. The molecule has 0 spiro atoms. The fourth-order valence-corrected chi connectivity index (χ4v) is 1.97. The SMILES string of the molecule is Cc1ccc2c(CC(=O)NCCN)coc2c1C. The number of amides is 1. The van der Waals surface area contributed by atoms with Gasteiger partial charge in [-0.05, 0) is 25.0 Å². The monoisotopic (exact) mass is 246 g/mol. The fraction of sp³-hybridized carbons (Fsp3) is 0.357. The van der Waals surface area contributed by atoms with Gasteiger partial charge in [0.15, 0.2) is 0 Å². The van der Waals surface area contributed by atoms with Crippen molar-refractivity contribution in [2.45, 2.75) is 20.3 Å². The van der Waals surface area contributed by atoms with Gasteiger partial charge < -0.3 is 15.5 Å². The van der Waals surface area contributed by atoms with E-state index in [9.17, 15) is 4.79 Å². The van der Waals surface area contributed by atoms with Crippen LogP contribution in [0.15, 0.2) is 22.8 Å². The minimum Gasteiger partial charge on any atom is -0.464 e. The van der Waals surface area contributed by atoms with Crippen molar-refractivity contribution in [2.75, 3.05) is 13.1 Å². The van der Waals surface area contributed by atoms with E-state index in [4.69, 9.17) is 10.2 Å². The van der Waals surface area contributed by atoms with Crippen molar-refractivity contribution in [2.24, 2.45) is 5.73 Å². The van der Waals surface area contributed by atoms with E-state index in [0.29, 0.717) is 19.5 Å². The summed E-state index contributed by atoms with van der Waals surface area (Å²) in [6.07, 6.45) is 1.99. The van der Waals surface area contributed by atoms with Gasteiger partial charge in [-0.2, -0.15) is 0 Å². The summed E-state index contributed by atoms with van der Waals surface area (Å²) in [6.45, 7) is 5.04. The number of fused-ring (bicyclic) bond motifs is 1. The second-order valence-electron chi connectivity index (χ2n) is 4.46. The summed E-state index contributed by atoms with van der Waals surface area (Å²) in [4.78, 5) is 11.7. The molecule has 96 valence electrons. The molecule has 0 aliphatic rings. The molecule has 1 amide bonds. The molecule has 0 aliphatic heterocycles. The standard InChI is InChI=1S/C14H18N2O2/c1-9-3-4-12-11(7-13(17)16-6-5-15)8-18-14(12)10(9)2/h3-4,8H,5-7,15H2,1-2H3,(H,16,17). The number of aryl methyl sites for hydroxylation is 2. The van der Waals surface area contributed by atoms with Crippen LogP contribution in [0, 0.1) is 13.8 Å². The largest absolute Gasteiger partial charge is 0.464 e. The lowest BCUT2D eigenvalue weighted by Gasteiger charge is -2.03. The number of hydrogen-bond donors (Lipinski definition) is 2. The average Bonchev–Trinajstić information content (AvgIpc) is 2.75. The quantitative estimate of drug-likeness (QED) is 0.862.